The molecule has 13 heteroatoms. The first kappa shape index (κ1) is 29.0. The Hall–Kier alpha value is -4.42. The average Bonchev–Trinajstić information content (AvgIpc) is 3.78. The largest absolute Gasteiger partial charge is 0.481 e. The molecule has 11 nitrogen and oxygen atoms in total. The van der Waals surface area contributed by atoms with E-state index in [1.165, 1.54) is 19.4 Å². The van der Waals surface area contributed by atoms with E-state index in [9.17, 15) is 14.7 Å². The van der Waals surface area contributed by atoms with Crippen molar-refractivity contribution in [1.29, 1.82) is 0 Å². The number of halogens is 2. The second-order valence-corrected chi connectivity index (χ2v) is 13.5. The Labute approximate surface area is 268 Å². The van der Waals surface area contributed by atoms with Crippen molar-refractivity contribution in [2.24, 2.45) is 5.41 Å². The summed E-state index contributed by atoms with van der Waals surface area (Å²) in [5, 5.41) is 10.2. The molecule has 2 saturated carbocycles. The van der Waals surface area contributed by atoms with Crippen LogP contribution in [0.15, 0.2) is 53.6 Å². The summed E-state index contributed by atoms with van der Waals surface area (Å²) in [6, 6.07) is 10.1. The molecule has 2 aliphatic heterocycles. The summed E-state index contributed by atoms with van der Waals surface area (Å²) in [5.41, 5.74) is 0.0840. The van der Waals surface area contributed by atoms with Gasteiger partial charge in [-0.3, -0.25) is 4.79 Å². The van der Waals surface area contributed by atoms with Crippen LogP contribution in [0.3, 0.4) is 0 Å². The highest BCUT2D eigenvalue weighted by atomic mass is 35.5. The number of aromatic nitrogens is 3. The number of aromatic carboxylic acids is 1. The Kier molecular flexibility index (Phi) is 6.33. The molecule has 4 fully saturated rings. The van der Waals surface area contributed by atoms with E-state index in [-0.39, 0.29) is 34.9 Å². The third kappa shape index (κ3) is 4.26. The van der Waals surface area contributed by atoms with E-state index in [0.29, 0.717) is 33.8 Å². The van der Waals surface area contributed by atoms with Crippen LogP contribution < -0.4 is 24.7 Å². The maximum Gasteiger partial charge on any atom is 0.341 e. The molecule has 3 aromatic heterocycles. The number of hydrogen-bond donors (Lipinski definition) is 1. The average molecular weight is 647 g/mol. The second kappa shape index (κ2) is 10.0. The van der Waals surface area contributed by atoms with Gasteiger partial charge in [-0.1, -0.05) is 11.6 Å². The molecule has 0 spiro atoms. The zero-order valence-electron chi connectivity index (χ0n) is 25.5. The van der Waals surface area contributed by atoms with Crippen molar-refractivity contribution in [2.45, 2.75) is 36.9 Å². The van der Waals surface area contributed by atoms with Crippen molar-refractivity contribution < 1.29 is 23.8 Å². The summed E-state index contributed by atoms with van der Waals surface area (Å²) in [5.74, 6) is -0.556. The lowest BCUT2D eigenvalue weighted by Gasteiger charge is -2.43. The van der Waals surface area contributed by atoms with Gasteiger partial charge in [0.1, 0.15) is 28.8 Å². The number of hydrogen-bond acceptors (Lipinski definition) is 9. The molecule has 1 atom stereocenters. The fourth-order valence-corrected chi connectivity index (χ4v) is 7.71. The number of fused-ring (bicyclic) bond motifs is 1. The topological polar surface area (TPSA) is 113 Å². The number of likely N-dealkylation sites (N-methyl/N-ethyl adjacent to an activating group) is 1. The lowest BCUT2D eigenvalue weighted by atomic mass is 10.00. The molecule has 0 bridgehead atoms. The predicted molar refractivity (Wildman–Crippen MR) is 171 cm³/mol. The molecule has 4 aliphatic rings. The van der Waals surface area contributed by atoms with Crippen molar-refractivity contribution in [1.82, 2.24) is 19.4 Å². The van der Waals surface area contributed by atoms with Gasteiger partial charge in [-0.25, -0.2) is 14.2 Å². The number of carbonyl (C=O) groups is 1. The molecule has 0 amide bonds. The molecule has 0 radical (unpaired) electrons. The Morgan fingerprint density at radius 2 is 1.98 bits per heavy atom. The van der Waals surface area contributed by atoms with E-state index in [1.807, 2.05) is 26.2 Å². The monoisotopic (exact) mass is 646 g/mol. The van der Waals surface area contributed by atoms with Gasteiger partial charge < -0.3 is 33.8 Å². The molecule has 2 saturated heterocycles. The van der Waals surface area contributed by atoms with Crippen LogP contribution >= 0.6 is 11.6 Å². The molecule has 0 unspecified atom stereocenters. The van der Waals surface area contributed by atoms with E-state index in [2.05, 4.69) is 24.7 Å². The van der Waals surface area contributed by atoms with Gasteiger partial charge in [-0.15, -0.1) is 0 Å². The van der Waals surface area contributed by atoms with Crippen LogP contribution in [0.25, 0.3) is 16.6 Å². The Balaban J connectivity index is 1.17. The van der Waals surface area contributed by atoms with Crippen molar-refractivity contribution in [3.63, 3.8) is 0 Å². The number of carboxylic acids is 1. The summed E-state index contributed by atoms with van der Waals surface area (Å²) in [6.45, 7) is 1.94. The van der Waals surface area contributed by atoms with Crippen molar-refractivity contribution in [3.05, 3.63) is 75.4 Å². The smallest absolute Gasteiger partial charge is 0.341 e. The van der Waals surface area contributed by atoms with Crippen LogP contribution in [0.1, 0.15) is 29.6 Å². The Morgan fingerprint density at radius 1 is 1.20 bits per heavy atom. The molecule has 2 aliphatic carbocycles. The van der Waals surface area contributed by atoms with Gasteiger partial charge in [-0.2, -0.15) is 4.98 Å². The number of benzene rings is 1. The summed E-state index contributed by atoms with van der Waals surface area (Å²) < 4.78 is 29.0. The predicted octanol–water partition coefficient (Wildman–Crippen LogP) is 4.22. The minimum absolute atomic E-state index is 0.0171. The Morgan fingerprint density at radius 3 is 2.65 bits per heavy atom. The third-order valence-corrected chi connectivity index (χ3v) is 10.6. The molecule has 5 heterocycles. The summed E-state index contributed by atoms with van der Waals surface area (Å²) in [6.07, 6.45) is 5.71. The molecular weight excluding hydrogens is 615 g/mol. The van der Waals surface area contributed by atoms with Gasteiger partial charge in [0.2, 0.25) is 17.2 Å². The summed E-state index contributed by atoms with van der Waals surface area (Å²) in [4.78, 5) is 40.8. The van der Waals surface area contributed by atoms with Crippen LogP contribution in [0, 0.1) is 11.2 Å². The van der Waals surface area contributed by atoms with E-state index < -0.39 is 22.8 Å². The van der Waals surface area contributed by atoms with Gasteiger partial charge in [0.25, 0.3) is 0 Å². The normalized spacial score (nSPS) is 24.5. The molecule has 4 aromatic rings. The minimum Gasteiger partial charge on any atom is -0.481 e. The number of ether oxygens (including phenoxy) is 2. The third-order valence-electron chi connectivity index (χ3n) is 10.4. The number of anilines is 2. The van der Waals surface area contributed by atoms with Gasteiger partial charge in [0, 0.05) is 47.7 Å². The number of pyridine rings is 3. The van der Waals surface area contributed by atoms with Crippen molar-refractivity contribution in [2.75, 3.05) is 50.7 Å². The van der Waals surface area contributed by atoms with Gasteiger partial charge in [-0.05, 0) is 63.7 Å². The number of piperidine rings is 2. The number of carboxylic acid groups (broad SMARTS) is 1. The molecular formula is C33H32ClFN6O5. The first-order valence-electron chi connectivity index (χ1n) is 15.2. The molecule has 1 N–H and O–H groups in total. The van der Waals surface area contributed by atoms with E-state index in [4.69, 9.17) is 21.1 Å². The van der Waals surface area contributed by atoms with Crippen molar-refractivity contribution >= 4 is 40.0 Å². The number of methoxy groups -OCH3 is 1. The van der Waals surface area contributed by atoms with Gasteiger partial charge in [0.05, 0.1) is 36.2 Å². The maximum absolute atomic E-state index is 16.1. The van der Waals surface area contributed by atoms with Crippen LogP contribution in [-0.2, 0) is 0 Å². The Bertz CT molecular complexity index is 1970. The molecule has 1 aromatic carbocycles. The highest BCUT2D eigenvalue weighted by Crippen LogP contribution is 2.87. The molecule has 46 heavy (non-hydrogen) atoms. The second-order valence-electron chi connectivity index (χ2n) is 13.1. The van der Waals surface area contributed by atoms with E-state index >= 15 is 4.39 Å². The molecule has 8 rings (SSSR count). The fourth-order valence-electron chi connectivity index (χ4n) is 7.55. The van der Waals surface area contributed by atoms with Crippen LogP contribution in [0.4, 0.5) is 15.9 Å². The quantitative estimate of drug-likeness (QED) is 0.284. The standard InChI is InChI=1S/C33H32ClFN6O5/c1-38(2)20-12-39(13-20)27-6-4-18(11-36-27)40-14-22(31(43)44)29(42)21-8-24(35)26(9-25(21)40)41-19(10-32-16-33(32,41)17-32)15-46-30-23(34)5-7-28(37-30)45-3/h4-9,11,14,19-20H,10,12-13,15-17H2,1-3H3,(H,43,44)/t19-,32?,33?/m1/s1. The minimum atomic E-state index is -1.38. The fraction of sp³-hybridized carbons (Fsp3) is 0.394. The summed E-state index contributed by atoms with van der Waals surface area (Å²) in [7, 11) is 5.61. The zero-order valence-corrected chi connectivity index (χ0v) is 26.3. The lowest BCUT2D eigenvalue weighted by Crippen LogP contribution is -2.57. The van der Waals surface area contributed by atoms with Crippen LogP contribution in [-0.4, -0.2) is 89.0 Å². The number of nitrogens with zero attached hydrogens (tertiary/aromatic N) is 6. The summed E-state index contributed by atoms with van der Waals surface area (Å²) >= 11 is 6.34. The van der Waals surface area contributed by atoms with E-state index in [1.54, 1.807) is 29.0 Å². The highest BCUT2D eigenvalue weighted by molar-refractivity contribution is 6.31. The first-order valence-corrected chi connectivity index (χ1v) is 15.5. The SMILES string of the molecule is COc1ccc(Cl)c(OC[C@H]2CC34CC3(C4)N2c2cc3c(cc2F)c(=O)c(C(=O)O)cn3-c2ccc(N3CC(N(C)C)C3)nc2)n1. The molecule has 238 valence electrons. The highest BCUT2D eigenvalue weighted by Gasteiger charge is 2.90. The zero-order chi connectivity index (χ0) is 32.1. The van der Waals surface area contributed by atoms with Crippen LogP contribution in [0.2, 0.25) is 5.02 Å². The first-order chi connectivity index (χ1) is 22.0. The van der Waals surface area contributed by atoms with Crippen LogP contribution in [0.5, 0.6) is 11.8 Å². The van der Waals surface area contributed by atoms with Gasteiger partial charge in [0.15, 0.2) is 0 Å². The van der Waals surface area contributed by atoms with E-state index in [0.717, 1.165) is 38.2 Å². The van der Waals surface area contributed by atoms with Crippen molar-refractivity contribution in [3.8, 4) is 17.4 Å². The number of rotatable bonds is 9. The lowest BCUT2D eigenvalue weighted by molar-refractivity contribution is 0.0695. The maximum atomic E-state index is 16.1. The van der Waals surface area contributed by atoms with Gasteiger partial charge >= 0.3 is 5.97 Å².